The largest absolute Gasteiger partial charge is 0.482 e. The van der Waals surface area contributed by atoms with Crippen LogP contribution in [0.4, 0.5) is 5.69 Å². The molecular formula is C26H26N2O4. The standard InChI is InChI=1S/C26H26N2O4/c29-25(14-15-28-23-12-6-7-13-24(23)32-19-26(28)30)27-16-21-10-4-5-11-22(21)18-31-17-20-8-2-1-3-9-20/h1-13H,14-19H2,(H,27,29). The van der Waals surface area contributed by atoms with Crippen LogP contribution >= 0.6 is 0 Å². The predicted molar refractivity (Wildman–Crippen MR) is 122 cm³/mol. The van der Waals surface area contributed by atoms with Crippen molar-refractivity contribution in [2.45, 2.75) is 26.2 Å². The minimum atomic E-state index is -0.141. The summed E-state index contributed by atoms with van der Waals surface area (Å²) in [4.78, 5) is 26.3. The number of anilines is 1. The maximum Gasteiger partial charge on any atom is 0.265 e. The minimum Gasteiger partial charge on any atom is -0.482 e. The van der Waals surface area contributed by atoms with E-state index in [4.69, 9.17) is 9.47 Å². The average molecular weight is 431 g/mol. The van der Waals surface area contributed by atoms with Crippen LogP contribution in [0.5, 0.6) is 5.75 Å². The van der Waals surface area contributed by atoms with E-state index in [9.17, 15) is 9.59 Å². The van der Waals surface area contributed by atoms with Gasteiger partial charge < -0.3 is 19.7 Å². The first-order chi connectivity index (χ1) is 15.7. The molecule has 0 saturated carbocycles. The van der Waals surface area contributed by atoms with Crippen LogP contribution in [0.1, 0.15) is 23.1 Å². The number of carbonyl (C=O) groups excluding carboxylic acids is 2. The van der Waals surface area contributed by atoms with Crippen LogP contribution in [0, 0.1) is 0 Å². The summed E-state index contributed by atoms with van der Waals surface area (Å²) in [7, 11) is 0. The number of nitrogens with zero attached hydrogens (tertiary/aromatic N) is 1. The van der Waals surface area contributed by atoms with Crippen LogP contribution in [0.15, 0.2) is 78.9 Å². The molecule has 0 aromatic heterocycles. The van der Waals surface area contributed by atoms with E-state index in [1.165, 1.54) is 0 Å². The number of rotatable bonds is 9. The number of carbonyl (C=O) groups is 2. The van der Waals surface area contributed by atoms with Crippen molar-refractivity contribution in [1.29, 1.82) is 0 Å². The van der Waals surface area contributed by atoms with Gasteiger partial charge in [-0.15, -0.1) is 0 Å². The number of fused-ring (bicyclic) bond motifs is 1. The Kier molecular flexibility index (Phi) is 7.15. The highest BCUT2D eigenvalue weighted by Crippen LogP contribution is 2.31. The van der Waals surface area contributed by atoms with Gasteiger partial charge in [0.1, 0.15) is 5.75 Å². The maximum atomic E-state index is 12.5. The van der Waals surface area contributed by atoms with Gasteiger partial charge in [-0.1, -0.05) is 66.7 Å². The number of hydrogen-bond donors (Lipinski definition) is 1. The molecule has 0 aliphatic carbocycles. The van der Waals surface area contributed by atoms with E-state index < -0.39 is 0 Å². The Morgan fingerprint density at radius 3 is 2.47 bits per heavy atom. The molecule has 0 saturated heterocycles. The highest BCUT2D eigenvalue weighted by atomic mass is 16.5. The number of benzene rings is 3. The van der Waals surface area contributed by atoms with E-state index in [0.717, 1.165) is 16.7 Å². The zero-order valence-corrected chi connectivity index (χ0v) is 17.8. The lowest BCUT2D eigenvalue weighted by Gasteiger charge is -2.29. The van der Waals surface area contributed by atoms with Crippen molar-refractivity contribution in [3.8, 4) is 5.75 Å². The molecule has 0 fully saturated rings. The Labute approximate surface area is 187 Å². The Morgan fingerprint density at radius 1 is 0.906 bits per heavy atom. The van der Waals surface area contributed by atoms with Gasteiger partial charge in [-0.2, -0.15) is 0 Å². The topological polar surface area (TPSA) is 67.9 Å². The first kappa shape index (κ1) is 21.6. The molecule has 1 aliphatic rings. The highest BCUT2D eigenvalue weighted by Gasteiger charge is 2.25. The van der Waals surface area contributed by atoms with Gasteiger partial charge in [0.05, 0.1) is 18.9 Å². The van der Waals surface area contributed by atoms with Crippen molar-refractivity contribution in [3.63, 3.8) is 0 Å². The summed E-state index contributed by atoms with van der Waals surface area (Å²) in [5.74, 6) is 0.413. The molecule has 0 atom stereocenters. The summed E-state index contributed by atoms with van der Waals surface area (Å²) >= 11 is 0. The smallest absolute Gasteiger partial charge is 0.265 e. The molecule has 0 bridgehead atoms. The Morgan fingerprint density at radius 2 is 1.62 bits per heavy atom. The van der Waals surface area contributed by atoms with Gasteiger partial charge in [0.2, 0.25) is 5.91 Å². The van der Waals surface area contributed by atoms with E-state index in [-0.39, 0.29) is 24.8 Å². The molecule has 3 aromatic rings. The molecule has 32 heavy (non-hydrogen) atoms. The molecule has 1 aliphatic heterocycles. The Hall–Kier alpha value is -3.64. The van der Waals surface area contributed by atoms with Crippen LogP contribution in [-0.2, 0) is 34.1 Å². The first-order valence-corrected chi connectivity index (χ1v) is 10.7. The van der Waals surface area contributed by atoms with Gasteiger partial charge in [0, 0.05) is 19.5 Å². The molecule has 0 radical (unpaired) electrons. The zero-order valence-electron chi connectivity index (χ0n) is 17.8. The monoisotopic (exact) mass is 430 g/mol. The van der Waals surface area contributed by atoms with Crippen molar-refractivity contribution in [2.24, 2.45) is 0 Å². The summed E-state index contributed by atoms with van der Waals surface area (Å²) in [5.41, 5.74) is 3.89. The first-order valence-electron chi connectivity index (χ1n) is 10.7. The normalized spacial score (nSPS) is 12.8. The van der Waals surface area contributed by atoms with Gasteiger partial charge in [-0.25, -0.2) is 0 Å². The van der Waals surface area contributed by atoms with Crippen molar-refractivity contribution in [3.05, 3.63) is 95.6 Å². The second-order valence-electron chi connectivity index (χ2n) is 7.58. The van der Waals surface area contributed by atoms with E-state index in [0.29, 0.717) is 37.7 Å². The van der Waals surface area contributed by atoms with Crippen molar-refractivity contribution >= 4 is 17.5 Å². The summed E-state index contributed by atoms with van der Waals surface area (Å²) in [6, 6.07) is 25.3. The fourth-order valence-electron chi connectivity index (χ4n) is 3.62. The molecule has 4 rings (SSSR count). The molecule has 6 nitrogen and oxygen atoms in total. The SMILES string of the molecule is O=C(CCN1C(=O)COc2ccccc21)NCc1ccccc1COCc1ccccc1. The van der Waals surface area contributed by atoms with Gasteiger partial charge in [-0.05, 0) is 28.8 Å². The molecule has 3 aromatic carbocycles. The van der Waals surface area contributed by atoms with Crippen LogP contribution in [0.3, 0.4) is 0 Å². The Bertz CT molecular complexity index is 1070. The van der Waals surface area contributed by atoms with Crippen molar-refractivity contribution < 1.29 is 19.1 Å². The van der Waals surface area contributed by atoms with Gasteiger partial charge >= 0.3 is 0 Å². The fourth-order valence-corrected chi connectivity index (χ4v) is 3.62. The Balaban J connectivity index is 1.28. The second-order valence-corrected chi connectivity index (χ2v) is 7.58. The van der Waals surface area contributed by atoms with Crippen molar-refractivity contribution in [1.82, 2.24) is 5.32 Å². The third kappa shape index (κ3) is 5.53. The molecule has 0 spiro atoms. The quantitative estimate of drug-likeness (QED) is 0.560. The molecule has 2 amide bonds. The molecule has 164 valence electrons. The lowest BCUT2D eigenvalue weighted by atomic mass is 10.1. The number of hydrogen-bond acceptors (Lipinski definition) is 4. The number of nitrogens with one attached hydrogen (secondary N) is 1. The van der Waals surface area contributed by atoms with Crippen LogP contribution < -0.4 is 15.0 Å². The zero-order chi connectivity index (χ0) is 22.2. The van der Waals surface area contributed by atoms with E-state index in [1.807, 2.05) is 78.9 Å². The van der Waals surface area contributed by atoms with Crippen molar-refractivity contribution in [2.75, 3.05) is 18.1 Å². The van der Waals surface area contributed by atoms with Crippen LogP contribution in [0.2, 0.25) is 0 Å². The molecule has 1 heterocycles. The third-order valence-electron chi connectivity index (χ3n) is 5.33. The average Bonchev–Trinajstić information content (AvgIpc) is 2.83. The number of para-hydroxylation sites is 2. The second kappa shape index (κ2) is 10.6. The predicted octanol–water partition coefficient (Wildman–Crippen LogP) is 3.84. The maximum absolute atomic E-state index is 12.5. The lowest BCUT2D eigenvalue weighted by molar-refractivity contribution is -0.122. The molecule has 6 heteroatoms. The van der Waals surface area contributed by atoms with Gasteiger partial charge in [0.25, 0.3) is 5.91 Å². The summed E-state index contributed by atoms with van der Waals surface area (Å²) < 4.78 is 11.3. The summed E-state index contributed by atoms with van der Waals surface area (Å²) in [6.07, 6.45) is 0.215. The van der Waals surface area contributed by atoms with E-state index in [2.05, 4.69) is 5.32 Å². The fraction of sp³-hybridized carbons (Fsp3) is 0.231. The number of ether oxygens (including phenoxy) is 2. The molecule has 0 unspecified atom stereocenters. The van der Waals surface area contributed by atoms with E-state index in [1.54, 1.807) is 4.90 Å². The third-order valence-corrected chi connectivity index (χ3v) is 5.33. The molecule has 1 N–H and O–H groups in total. The van der Waals surface area contributed by atoms with E-state index >= 15 is 0 Å². The number of amides is 2. The van der Waals surface area contributed by atoms with Gasteiger partial charge in [-0.3, -0.25) is 9.59 Å². The highest BCUT2D eigenvalue weighted by molar-refractivity contribution is 5.98. The van der Waals surface area contributed by atoms with Crippen LogP contribution in [-0.4, -0.2) is 25.0 Å². The van der Waals surface area contributed by atoms with Crippen LogP contribution in [0.25, 0.3) is 0 Å². The lowest BCUT2D eigenvalue weighted by Crippen LogP contribution is -2.41. The summed E-state index contributed by atoms with van der Waals surface area (Å²) in [6.45, 7) is 1.73. The minimum absolute atomic E-state index is 0.00497. The van der Waals surface area contributed by atoms with Gasteiger partial charge in [0.15, 0.2) is 6.61 Å². The molecular weight excluding hydrogens is 404 g/mol. The summed E-state index contributed by atoms with van der Waals surface area (Å²) in [5, 5.41) is 2.96.